The standard InChI is InChI=1S/C35H46ClN9O4/c1-24(18-46-3)19-48-33-31(17-44(42-33)35(11-5-4-6-12-35)45-28-8-9-29(45)21-47-20-28)41-34-38-14-27(15-39-34)26-7-10-30(36)32(13-26)49-25(2)16-43-23-37-22-40-43/h7,10,13-15,17,22-25,28-29H,4-6,8-9,11-12,16,18-21H2,1-3H3,(H,38,39,41)/t24-,25-,28-,29+/m0/s1. The minimum atomic E-state index is -0.212. The van der Waals surface area contributed by atoms with E-state index in [-0.39, 0.29) is 17.7 Å². The van der Waals surface area contributed by atoms with Gasteiger partial charge in [0.1, 0.15) is 35.9 Å². The molecule has 0 spiro atoms. The maximum Gasteiger partial charge on any atom is 0.257 e. The summed E-state index contributed by atoms with van der Waals surface area (Å²) in [4.78, 5) is 16.1. The van der Waals surface area contributed by atoms with Crippen LogP contribution < -0.4 is 14.8 Å². The number of anilines is 2. The lowest BCUT2D eigenvalue weighted by atomic mass is 9.86. The molecule has 13 nitrogen and oxygen atoms in total. The minimum Gasteiger partial charge on any atom is -0.487 e. The topological polar surface area (TPSA) is 127 Å². The van der Waals surface area contributed by atoms with Gasteiger partial charge in [0, 0.05) is 43.1 Å². The van der Waals surface area contributed by atoms with Crippen LogP contribution in [0.3, 0.4) is 0 Å². The summed E-state index contributed by atoms with van der Waals surface area (Å²) in [5.41, 5.74) is 2.25. The molecule has 1 N–H and O–H groups in total. The Bertz CT molecular complexity index is 1650. The first-order valence-electron chi connectivity index (χ1n) is 17.4. The van der Waals surface area contributed by atoms with Crippen molar-refractivity contribution in [2.45, 2.75) is 89.2 Å². The number of fused-ring (bicyclic) bond motifs is 2. The van der Waals surface area contributed by atoms with Crippen molar-refractivity contribution in [2.24, 2.45) is 5.92 Å². The van der Waals surface area contributed by atoms with Crippen molar-refractivity contribution in [1.82, 2.24) is 39.4 Å². The minimum absolute atomic E-state index is 0.168. The summed E-state index contributed by atoms with van der Waals surface area (Å²) in [7, 11) is 1.71. The fourth-order valence-corrected chi connectivity index (χ4v) is 7.79. The molecule has 2 saturated heterocycles. The van der Waals surface area contributed by atoms with Crippen LogP contribution in [0.4, 0.5) is 11.6 Å². The van der Waals surface area contributed by atoms with Crippen molar-refractivity contribution in [2.75, 3.05) is 38.9 Å². The summed E-state index contributed by atoms with van der Waals surface area (Å²) in [5, 5.41) is 13.3. The molecule has 4 atom stereocenters. The molecule has 3 aliphatic rings. The van der Waals surface area contributed by atoms with Crippen LogP contribution in [0.2, 0.25) is 5.02 Å². The van der Waals surface area contributed by atoms with E-state index < -0.39 is 0 Å². The second kappa shape index (κ2) is 15.0. The van der Waals surface area contributed by atoms with E-state index in [2.05, 4.69) is 48.1 Å². The lowest BCUT2D eigenvalue weighted by Gasteiger charge is -2.51. The third-order valence-corrected chi connectivity index (χ3v) is 10.2. The van der Waals surface area contributed by atoms with E-state index >= 15 is 0 Å². The van der Waals surface area contributed by atoms with Gasteiger partial charge in [-0.05, 0) is 63.1 Å². The van der Waals surface area contributed by atoms with Gasteiger partial charge in [0.05, 0.1) is 44.2 Å². The van der Waals surface area contributed by atoms with Crippen molar-refractivity contribution < 1.29 is 18.9 Å². The number of morpholine rings is 1. The Balaban J connectivity index is 1.12. The molecular formula is C35H46ClN9O4. The third kappa shape index (κ3) is 7.40. The van der Waals surface area contributed by atoms with E-state index in [0.717, 1.165) is 42.9 Å². The molecule has 7 rings (SSSR count). The Labute approximate surface area is 292 Å². The number of ether oxygens (including phenoxy) is 4. The second-order valence-corrected chi connectivity index (χ2v) is 14.1. The number of methoxy groups -OCH3 is 1. The monoisotopic (exact) mass is 691 g/mol. The van der Waals surface area contributed by atoms with Crippen LogP contribution in [0.1, 0.15) is 58.8 Å². The summed E-state index contributed by atoms with van der Waals surface area (Å²) in [6.45, 7) is 7.27. The van der Waals surface area contributed by atoms with Crippen LogP contribution in [0, 0.1) is 5.92 Å². The number of aromatic nitrogens is 7. The van der Waals surface area contributed by atoms with E-state index in [9.17, 15) is 0 Å². The van der Waals surface area contributed by atoms with Gasteiger partial charge in [0.15, 0.2) is 0 Å². The maximum absolute atomic E-state index is 6.50. The average molecular weight is 692 g/mol. The number of rotatable bonds is 14. The molecule has 0 radical (unpaired) electrons. The molecule has 1 aromatic carbocycles. The third-order valence-electron chi connectivity index (χ3n) is 9.84. The highest BCUT2D eigenvalue weighted by Crippen LogP contribution is 2.47. The first kappa shape index (κ1) is 33.7. The molecule has 14 heteroatoms. The Morgan fingerprint density at radius 1 is 1.04 bits per heavy atom. The smallest absolute Gasteiger partial charge is 0.257 e. The molecule has 262 valence electrons. The van der Waals surface area contributed by atoms with Crippen LogP contribution in [-0.2, 0) is 21.7 Å². The molecule has 2 bridgehead atoms. The Morgan fingerprint density at radius 2 is 1.82 bits per heavy atom. The van der Waals surface area contributed by atoms with Gasteiger partial charge in [-0.25, -0.2) is 24.3 Å². The largest absolute Gasteiger partial charge is 0.487 e. The van der Waals surface area contributed by atoms with Crippen LogP contribution in [0.15, 0.2) is 49.4 Å². The van der Waals surface area contributed by atoms with Gasteiger partial charge in [0.2, 0.25) is 5.95 Å². The van der Waals surface area contributed by atoms with Crippen molar-refractivity contribution in [1.29, 1.82) is 0 Å². The van der Waals surface area contributed by atoms with Crippen molar-refractivity contribution in [3.63, 3.8) is 0 Å². The fraction of sp³-hybridized carbons (Fsp3) is 0.571. The molecule has 0 unspecified atom stereocenters. The lowest BCUT2D eigenvalue weighted by molar-refractivity contribution is -0.125. The lowest BCUT2D eigenvalue weighted by Crippen LogP contribution is -2.60. The molecule has 5 heterocycles. The molecule has 1 aliphatic carbocycles. The number of nitrogens with one attached hydrogen (secondary N) is 1. The van der Waals surface area contributed by atoms with Crippen molar-refractivity contribution in [3.05, 3.63) is 54.5 Å². The maximum atomic E-state index is 6.50. The second-order valence-electron chi connectivity index (χ2n) is 13.6. The predicted molar refractivity (Wildman–Crippen MR) is 185 cm³/mol. The number of benzene rings is 1. The highest BCUT2D eigenvalue weighted by atomic mass is 35.5. The van der Waals surface area contributed by atoms with Crippen molar-refractivity contribution >= 4 is 23.2 Å². The van der Waals surface area contributed by atoms with Crippen LogP contribution in [-0.4, -0.2) is 91.1 Å². The highest BCUT2D eigenvalue weighted by molar-refractivity contribution is 6.32. The summed E-state index contributed by atoms with van der Waals surface area (Å²) in [6, 6.07) is 6.49. The average Bonchev–Trinajstić information content (AvgIpc) is 3.84. The van der Waals surface area contributed by atoms with Gasteiger partial charge in [0.25, 0.3) is 5.88 Å². The first-order valence-corrected chi connectivity index (χ1v) is 17.8. The van der Waals surface area contributed by atoms with E-state index in [0.29, 0.717) is 54.4 Å². The highest BCUT2D eigenvalue weighted by Gasteiger charge is 2.51. The molecule has 3 aromatic heterocycles. The van der Waals surface area contributed by atoms with Gasteiger partial charge < -0.3 is 24.3 Å². The van der Waals surface area contributed by atoms with E-state index in [1.165, 1.54) is 38.4 Å². The van der Waals surface area contributed by atoms with E-state index in [1.807, 2.05) is 25.1 Å². The Hall–Kier alpha value is -3.78. The number of halogens is 1. The van der Waals surface area contributed by atoms with E-state index in [4.69, 9.17) is 35.6 Å². The summed E-state index contributed by atoms with van der Waals surface area (Å²) < 4.78 is 27.8. The molecular weight excluding hydrogens is 646 g/mol. The molecule has 0 amide bonds. The molecule has 3 fully saturated rings. The van der Waals surface area contributed by atoms with Gasteiger partial charge in [-0.3, -0.25) is 4.90 Å². The van der Waals surface area contributed by atoms with Crippen LogP contribution in [0.5, 0.6) is 11.6 Å². The Kier molecular flexibility index (Phi) is 10.3. The fourth-order valence-electron chi connectivity index (χ4n) is 7.63. The zero-order valence-electron chi connectivity index (χ0n) is 28.5. The SMILES string of the molecule is COC[C@H](C)COc1nn(C2(N3[C@@H]4CC[C@H]3COC4)CCCCC2)cc1Nc1ncc(-c2ccc(Cl)c(O[C@@H](C)Cn3cncn3)c2)cn1. The predicted octanol–water partition coefficient (Wildman–Crippen LogP) is 5.94. The summed E-state index contributed by atoms with van der Waals surface area (Å²) in [5.74, 6) is 1.78. The quantitative estimate of drug-likeness (QED) is 0.169. The van der Waals surface area contributed by atoms with Crippen LogP contribution >= 0.6 is 11.6 Å². The van der Waals surface area contributed by atoms with Crippen LogP contribution in [0.25, 0.3) is 11.1 Å². The summed E-state index contributed by atoms with van der Waals surface area (Å²) in [6.07, 6.45) is 16.7. The van der Waals surface area contributed by atoms with Gasteiger partial charge in [-0.15, -0.1) is 5.10 Å². The molecule has 4 aromatic rings. The van der Waals surface area contributed by atoms with Gasteiger partial charge >= 0.3 is 0 Å². The molecule has 1 saturated carbocycles. The number of nitrogens with zero attached hydrogens (tertiary/aromatic N) is 8. The summed E-state index contributed by atoms with van der Waals surface area (Å²) >= 11 is 6.50. The number of hydrogen-bond acceptors (Lipinski definition) is 11. The first-order chi connectivity index (χ1) is 23.9. The zero-order chi connectivity index (χ0) is 33.8. The Morgan fingerprint density at radius 3 is 2.53 bits per heavy atom. The normalized spacial score (nSPS) is 21.7. The molecule has 2 aliphatic heterocycles. The van der Waals surface area contributed by atoms with Gasteiger partial charge in [-0.2, -0.15) is 5.10 Å². The zero-order valence-corrected chi connectivity index (χ0v) is 29.3. The van der Waals surface area contributed by atoms with E-state index in [1.54, 1.807) is 30.5 Å². The number of hydrogen-bond donors (Lipinski definition) is 1. The van der Waals surface area contributed by atoms with Gasteiger partial charge in [-0.1, -0.05) is 31.0 Å². The molecule has 49 heavy (non-hydrogen) atoms. The van der Waals surface area contributed by atoms with Crippen molar-refractivity contribution in [3.8, 4) is 22.8 Å².